The van der Waals surface area contributed by atoms with Gasteiger partial charge in [0.25, 0.3) is 11.5 Å². The third-order valence-corrected chi connectivity index (χ3v) is 7.42. The van der Waals surface area contributed by atoms with E-state index in [1.54, 1.807) is 11.0 Å². The SMILES string of the molecule is CCOc1ccc(-c2nc3sc(=C4C(=O)N(Cc5ccccc5Cl)c5ccccc54)c(=O)n3n2)cc1. The van der Waals surface area contributed by atoms with Crippen molar-refractivity contribution in [2.75, 3.05) is 11.5 Å². The molecule has 2 aromatic heterocycles. The summed E-state index contributed by atoms with van der Waals surface area (Å²) < 4.78 is 7.07. The number of ether oxygens (including phenoxy) is 1. The number of hydrogen-bond donors (Lipinski definition) is 0. The molecule has 36 heavy (non-hydrogen) atoms. The molecule has 3 heterocycles. The number of fused-ring (bicyclic) bond motifs is 2. The van der Waals surface area contributed by atoms with Crippen molar-refractivity contribution in [3.05, 3.63) is 104 Å². The third kappa shape index (κ3) is 3.66. The van der Waals surface area contributed by atoms with E-state index in [0.29, 0.717) is 44.6 Å². The molecule has 0 bridgehead atoms. The molecule has 0 atom stereocenters. The fraction of sp³-hybridized carbons (Fsp3) is 0.111. The quantitative estimate of drug-likeness (QED) is 0.349. The average molecular weight is 515 g/mol. The maximum Gasteiger partial charge on any atom is 0.291 e. The monoisotopic (exact) mass is 514 g/mol. The Kier molecular flexibility index (Phi) is 5.55. The number of rotatable bonds is 5. The van der Waals surface area contributed by atoms with E-state index in [0.717, 1.165) is 22.6 Å². The number of amides is 1. The van der Waals surface area contributed by atoms with E-state index in [9.17, 15) is 9.59 Å². The van der Waals surface area contributed by atoms with Crippen molar-refractivity contribution in [3.63, 3.8) is 0 Å². The number of nitrogens with zero attached hydrogens (tertiary/aromatic N) is 4. The molecule has 0 fully saturated rings. The Labute approximate surface area is 214 Å². The zero-order chi connectivity index (χ0) is 24.8. The Morgan fingerprint density at radius 1 is 0.972 bits per heavy atom. The van der Waals surface area contributed by atoms with Crippen molar-refractivity contribution < 1.29 is 9.53 Å². The van der Waals surface area contributed by atoms with Gasteiger partial charge in [-0.25, -0.2) is 0 Å². The topological polar surface area (TPSA) is 76.8 Å². The lowest BCUT2D eigenvalue weighted by molar-refractivity contribution is -0.113. The summed E-state index contributed by atoms with van der Waals surface area (Å²) in [7, 11) is 0. The van der Waals surface area contributed by atoms with Crippen LogP contribution in [0.25, 0.3) is 21.9 Å². The molecule has 1 aliphatic rings. The number of hydrogen-bond acceptors (Lipinski definition) is 6. The molecule has 0 saturated carbocycles. The Bertz CT molecular complexity index is 1740. The lowest BCUT2D eigenvalue weighted by atomic mass is 10.1. The molecule has 0 aliphatic carbocycles. The van der Waals surface area contributed by atoms with Crippen LogP contribution in [0.1, 0.15) is 18.1 Å². The molecular weight excluding hydrogens is 496 g/mol. The summed E-state index contributed by atoms with van der Waals surface area (Å²) in [4.78, 5) is 33.7. The average Bonchev–Trinajstić information content (AvgIpc) is 3.52. The van der Waals surface area contributed by atoms with E-state index in [1.165, 1.54) is 15.9 Å². The zero-order valence-corrected chi connectivity index (χ0v) is 20.7. The van der Waals surface area contributed by atoms with Gasteiger partial charge in [-0.05, 0) is 48.9 Å². The minimum atomic E-state index is -0.363. The molecule has 1 amide bonds. The first-order valence-electron chi connectivity index (χ1n) is 11.4. The first kappa shape index (κ1) is 22.5. The van der Waals surface area contributed by atoms with Gasteiger partial charge in [0.2, 0.25) is 4.96 Å². The molecule has 0 spiro atoms. The fourth-order valence-electron chi connectivity index (χ4n) is 4.33. The lowest BCUT2D eigenvalue weighted by Gasteiger charge is -2.17. The number of halogens is 1. The second-order valence-corrected chi connectivity index (χ2v) is 9.58. The van der Waals surface area contributed by atoms with Gasteiger partial charge in [0, 0.05) is 16.1 Å². The van der Waals surface area contributed by atoms with Crippen molar-refractivity contribution in [1.82, 2.24) is 14.6 Å². The van der Waals surface area contributed by atoms with Gasteiger partial charge < -0.3 is 9.64 Å². The Morgan fingerprint density at radius 2 is 1.72 bits per heavy atom. The Hall–Kier alpha value is -4.01. The summed E-state index contributed by atoms with van der Waals surface area (Å²) in [6.45, 7) is 2.81. The second kappa shape index (κ2) is 8.89. The Balaban J connectivity index is 1.44. The van der Waals surface area contributed by atoms with Crippen LogP contribution in [0.15, 0.2) is 77.6 Å². The highest BCUT2D eigenvalue weighted by Crippen LogP contribution is 2.37. The van der Waals surface area contributed by atoms with Crippen LogP contribution in [0.5, 0.6) is 5.75 Å². The zero-order valence-electron chi connectivity index (χ0n) is 19.1. The van der Waals surface area contributed by atoms with Crippen molar-refractivity contribution >= 4 is 45.1 Å². The van der Waals surface area contributed by atoms with Crippen LogP contribution in [-0.4, -0.2) is 27.1 Å². The smallest absolute Gasteiger partial charge is 0.291 e. The van der Waals surface area contributed by atoms with Crippen LogP contribution in [0, 0.1) is 0 Å². The lowest BCUT2D eigenvalue weighted by Crippen LogP contribution is -2.32. The number of para-hydroxylation sites is 1. The molecule has 3 aromatic carbocycles. The first-order chi connectivity index (χ1) is 17.5. The van der Waals surface area contributed by atoms with Crippen LogP contribution in [0.4, 0.5) is 5.69 Å². The minimum absolute atomic E-state index is 0.246. The number of thiazole rings is 1. The van der Waals surface area contributed by atoms with Gasteiger partial charge in [-0.15, -0.1) is 5.10 Å². The summed E-state index contributed by atoms with van der Waals surface area (Å²) in [5.74, 6) is 0.950. The van der Waals surface area contributed by atoms with Gasteiger partial charge in [0.05, 0.1) is 24.4 Å². The summed E-state index contributed by atoms with van der Waals surface area (Å²) >= 11 is 7.53. The highest BCUT2D eigenvalue weighted by atomic mass is 35.5. The molecular formula is C27H19ClN4O3S. The third-order valence-electron chi connectivity index (χ3n) is 6.02. The van der Waals surface area contributed by atoms with Gasteiger partial charge in [-0.2, -0.15) is 9.50 Å². The van der Waals surface area contributed by atoms with Crippen molar-refractivity contribution in [1.29, 1.82) is 0 Å². The molecule has 1 aliphatic heterocycles. The molecule has 178 valence electrons. The summed E-state index contributed by atoms with van der Waals surface area (Å²) in [5.41, 5.74) is 3.05. The van der Waals surface area contributed by atoms with E-state index < -0.39 is 0 Å². The number of anilines is 1. The van der Waals surface area contributed by atoms with Crippen LogP contribution >= 0.6 is 22.9 Å². The summed E-state index contributed by atoms with van der Waals surface area (Å²) in [5, 5.41) is 5.02. The molecule has 0 radical (unpaired) electrons. The van der Waals surface area contributed by atoms with Crippen LogP contribution in [0.2, 0.25) is 5.02 Å². The highest BCUT2D eigenvalue weighted by Gasteiger charge is 2.34. The number of aromatic nitrogens is 3. The van der Waals surface area contributed by atoms with Gasteiger partial charge in [0.1, 0.15) is 10.3 Å². The second-order valence-electron chi connectivity index (χ2n) is 8.20. The molecule has 0 saturated heterocycles. The Morgan fingerprint density at radius 3 is 2.47 bits per heavy atom. The van der Waals surface area contributed by atoms with Crippen molar-refractivity contribution in [2.45, 2.75) is 13.5 Å². The highest BCUT2D eigenvalue weighted by molar-refractivity contribution is 7.15. The largest absolute Gasteiger partial charge is 0.494 e. The van der Waals surface area contributed by atoms with E-state index in [1.807, 2.05) is 73.7 Å². The molecule has 6 rings (SSSR count). The number of carbonyl (C=O) groups excluding carboxylic acids is 1. The van der Waals surface area contributed by atoms with Crippen LogP contribution in [-0.2, 0) is 11.3 Å². The normalized spacial score (nSPS) is 14.5. The predicted molar refractivity (Wildman–Crippen MR) is 141 cm³/mol. The van der Waals surface area contributed by atoms with E-state index in [-0.39, 0.29) is 11.5 Å². The maximum atomic E-state index is 13.7. The molecule has 9 heteroatoms. The molecule has 0 N–H and O–H groups in total. The standard InChI is InChI=1S/C27H19ClN4O3S/c1-2-35-18-13-11-16(12-14-18)24-29-27-32(30-24)26(34)23(36-27)22-19-8-4-6-10-21(19)31(25(22)33)15-17-7-3-5-9-20(17)28/h3-14H,2,15H2,1H3. The van der Waals surface area contributed by atoms with Crippen molar-refractivity contribution in [2.24, 2.45) is 0 Å². The minimum Gasteiger partial charge on any atom is -0.494 e. The van der Waals surface area contributed by atoms with E-state index >= 15 is 0 Å². The van der Waals surface area contributed by atoms with Gasteiger partial charge in [-0.1, -0.05) is 59.3 Å². The van der Waals surface area contributed by atoms with Gasteiger partial charge in [-0.3, -0.25) is 9.59 Å². The van der Waals surface area contributed by atoms with E-state index in [4.69, 9.17) is 16.3 Å². The van der Waals surface area contributed by atoms with Crippen LogP contribution < -0.4 is 19.7 Å². The molecule has 5 aromatic rings. The number of carbonyl (C=O) groups is 1. The molecule has 7 nitrogen and oxygen atoms in total. The van der Waals surface area contributed by atoms with Gasteiger partial charge >= 0.3 is 0 Å². The predicted octanol–water partition coefficient (Wildman–Crippen LogP) is 4.33. The fourth-order valence-corrected chi connectivity index (χ4v) is 5.52. The maximum absolute atomic E-state index is 13.7. The molecule has 0 unspecified atom stereocenters. The van der Waals surface area contributed by atoms with Crippen molar-refractivity contribution in [3.8, 4) is 17.1 Å². The first-order valence-corrected chi connectivity index (χ1v) is 12.6. The van der Waals surface area contributed by atoms with Crippen LogP contribution in [0.3, 0.4) is 0 Å². The number of benzene rings is 3. The summed E-state index contributed by atoms with van der Waals surface area (Å²) in [6, 6.07) is 22.3. The van der Waals surface area contributed by atoms with Gasteiger partial charge in [0.15, 0.2) is 5.82 Å². The summed E-state index contributed by atoms with van der Waals surface area (Å²) in [6.07, 6.45) is 0. The van der Waals surface area contributed by atoms with E-state index in [2.05, 4.69) is 10.1 Å².